The van der Waals surface area contributed by atoms with Crippen LogP contribution in [0.4, 0.5) is 5.69 Å². The van der Waals surface area contributed by atoms with Crippen LogP contribution in [0, 0.1) is 13.8 Å². The van der Waals surface area contributed by atoms with Gasteiger partial charge in [0.1, 0.15) is 10.3 Å². The molecule has 22 heavy (non-hydrogen) atoms. The van der Waals surface area contributed by atoms with Crippen molar-refractivity contribution >= 4 is 52.2 Å². The number of aromatic nitrogens is 2. The zero-order valence-electron chi connectivity index (χ0n) is 11.9. The second kappa shape index (κ2) is 5.98. The van der Waals surface area contributed by atoms with Crippen LogP contribution in [-0.4, -0.2) is 27.3 Å². The third-order valence-corrected chi connectivity index (χ3v) is 5.85. The second-order valence-electron chi connectivity index (χ2n) is 4.85. The summed E-state index contributed by atoms with van der Waals surface area (Å²) in [6.07, 6.45) is 0.161. The number of thioether (sulfide) groups is 1. The highest BCUT2D eigenvalue weighted by Crippen LogP contribution is 2.37. The van der Waals surface area contributed by atoms with Crippen LogP contribution in [0.5, 0.6) is 0 Å². The first-order valence-electron chi connectivity index (χ1n) is 6.56. The first kappa shape index (κ1) is 15.5. The summed E-state index contributed by atoms with van der Waals surface area (Å²) in [6, 6.07) is 5.21. The maximum absolute atomic E-state index is 12.6. The molecule has 0 N–H and O–H groups in total. The molecule has 114 valence electrons. The number of anilines is 1. The van der Waals surface area contributed by atoms with Gasteiger partial charge in [-0.3, -0.25) is 9.59 Å². The molecule has 0 aliphatic carbocycles. The lowest BCUT2D eigenvalue weighted by Crippen LogP contribution is -2.31. The number of rotatable bonds is 3. The van der Waals surface area contributed by atoms with Crippen LogP contribution in [0.25, 0.3) is 0 Å². The highest BCUT2D eigenvalue weighted by atomic mass is 35.5. The third kappa shape index (κ3) is 2.76. The summed E-state index contributed by atoms with van der Waals surface area (Å²) in [4.78, 5) is 26.1. The van der Waals surface area contributed by atoms with E-state index < -0.39 is 5.25 Å². The van der Waals surface area contributed by atoms with Gasteiger partial charge in [-0.1, -0.05) is 40.8 Å². The average molecular weight is 354 g/mol. The van der Waals surface area contributed by atoms with Gasteiger partial charge in [0.2, 0.25) is 11.8 Å². The molecule has 1 fully saturated rings. The van der Waals surface area contributed by atoms with Crippen molar-refractivity contribution in [2.45, 2.75) is 29.9 Å². The normalized spacial score (nSPS) is 18.3. The SMILES string of the molecule is Cc1nnc(S[C@@H]2CC(=O)N(c3cccc(Cl)c3C)C2=O)s1. The highest BCUT2D eigenvalue weighted by molar-refractivity contribution is 8.02. The molecule has 1 aromatic heterocycles. The van der Waals surface area contributed by atoms with E-state index in [1.807, 2.05) is 6.92 Å². The molecule has 0 unspecified atom stereocenters. The monoisotopic (exact) mass is 353 g/mol. The zero-order valence-corrected chi connectivity index (χ0v) is 14.3. The molecule has 1 saturated heterocycles. The lowest BCUT2D eigenvalue weighted by Gasteiger charge is -2.17. The van der Waals surface area contributed by atoms with Crippen LogP contribution >= 0.6 is 34.7 Å². The average Bonchev–Trinajstić information content (AvgIpc) is 2.99. The predicted octanol–water partition coefficient (Wildman–Crippen LogP) is 3.23. The fraction of sp³-hybridized carbons (Fsp3) is 0.286. The summed E-state index contributed by atoms with van der Waals surface area (Å²) in [6.45, 7) is 3.65. The minimum Gasteiger partial charge on any atom is -0.274 e. The summed E-state index contributed by atoms with van der Waals surface area (Å²) >= 11 is 8.80. The Morgan fingerprint density at radius 2 is 2.09 bits per heavy atom. The van der Waals surface area contributed by atoms with Gasteiger partial charge in [0.15, 0.2) is 4.34 Å². The Morgan fingerprint density at radius 1 is 1.32 bits per heavy atom. The molecule has 3 rings (SSSR count). The Hall–Kier alpha value is -1.44. The number of hydrogen-bond donors (Lipinski definition) is 0. The van der Waals surface area contributed by atoms with Crippen LogP contribution in [0.3, 0.4) is 0 Å². The van der Waals surface area contributed by atoms with Crippen LogP contribution < -0.4 is 4.90 Å². The van der Waals surface area contributed by atoms with Gasteiger partial charge in [-0.05, 0) is 31.5 Å². The fourth-order valence-electron chi connectivity index (χ4n) is 2.24. The third-order valence-electron chi connectivity index (χ3n) is 3.34. The topological polar surface area (TPSA) is 63.2 Å². The van der Waals surface area contributed by atoms with E-state index in [2.05, 4.69) is 10.2 Å². The Labute approximate surface area is 140 Å². The van der Waals surface area contributed by atoms with Crippen molar-refractivity contribution in [3.05, 3.63) is 33.8 Å². The van der Waals surface area contributed by atoms with Crippen molar-refractivity contribution in [2.75, 3.05) is 4.90 Å². The first-order chi connectivity index (χ1) is 10.5. The van der Waals surface area contributed by atoms with Crippen LogP contribution in [-0.2, 0) is 9.59 Å². The second-order valence-corrected chi connectivity index (χ2v) is 7.89. The molecule has 0 spiro atoms. The number of hydrogen-bond acceptors (Lipinski definition) is 6. The number of amides is 2. The van der Waals surface area contributed by atoms with Crippen LogP contribution in [0.15, 0.2) is 22.5 Å². The van der Waals surface area contributed by atoms with Crippen LogP contribution in [0.1, 0.15) is 17.0 Å². The molecule has 8 heteroatoms. The lowest BCUT2D eigenvalue weighted by atomic mass is 10.2. The molecule has 2 aromatic rings. The van der Waals surface area contributed by atoms with Crippen LogP contribution in [0.2, 0.25) is 5.02 Å². The maximum Gasteiger partial charge on any atom is 0.247 e. The van der Waals surface area contributed by atoms with Gasteiger partial charge in [0, 0.05) is 11.4 Å². The molecule has 0 saturated carbocycles. The fourth-order valence-corrected chi connectivity index (χ4v) is 4.49. The number of halogens is 1. The molecule has 5 nitrogen and oxygen atoms in total. The largest absolute Gasteiger partial charge is 0.274 e. The molecule has 1 aromatic carbocycles. The van der Waals surface area contributed by atoms with E-state index >= 15 is 0 Å². The van der Waals surface area contributed by atoms with Crippen molar-refractivity contribution in [1.82, 2.24) is 10.2 Å². The van der Waals surface area contributed by atoms with Crippen molar-refractivity contribution in [3.63, 3.8) is 0 Å². The van der Waals surface area contributed by atoms with E-state index in [0.717, 1.165) is 10.6 Å². The molecule has 2 amide bonds. The first-order valence-corrected chi connectivity index (χ1v) is 8.63. The Bertz CT molecular complexity index is 762. The molecule has 2 heterocycles. The summed E-state index contributed by atoms with van der Waals surface area (Å²) in [5, 5.41) is 8.83. The Morgan fingerprint density at radius 3 is 2.77 bits per heavy atom. The Kier molecular flexibility index (Phi) is 4.20. The molecule has 1 aliphatic rings. The zero-order chi connectivity index (χ0) is 15.9. The van der Waals surface area contributed by atoms with E-state index in [4.69, 9.17) is 11.6 Å². The van der Waals surface area contributed by atoms with E-state index in [1.54, 1.807) is 25.1 Å². The predicted molar refractivity (Wildman–Crippen MR) is 87.6 cm³/mol. The summed E-state index contributed by atoms with van der Waals surface area (Å²) in [5.74, 6) is -0.442. The molecule has 0 radical (unpaired) electrons. The van der Waals surface area contributed by atoms with Gasteiger partial charge >= 0.3 is 0 Å². The molecule has 1 aliphatic heterocycles. The summed E-state index contributed by atoms with van der Waals surface area (Å²) < 4.78 is 0.702. The highest BCUT2D eigenvalue weighted by Gasteiger charge is 2.41. The lowest BCUT2D eigenvalue weighted by molar-refractivity contribution is -0.121. The molecular weight excluding hydrogens is 342 g/mol. The van der Waals surface area contributed by atoms with E-state index in [1.165, 1.54) is 28.0 Å². The number of nitrogens with zero attached hydrogens (tertiary/aromatic N) is 3. The van der Waals surface area contributed by atoms with E-state index in [9.17, 15) is 9.59 Å². The Balaban J connectivity index is 1.87. The molecular formula is C14H12ClN3O2S2. The van der Waals surface area contributed by atoms with Gasteiger partial charge in [-0.15, -0.1) is 10.2 Å². The number of carbonyl (C=O) groups excluding carboxylic acids is 2. The number of benzene rings is 1. The smallest absolute Gasteiger partial charge is 0.247 e. The van der Waals surface area contributed by atoms with Crippen molar-refractivity contribution in [2.24, 2.45) is 0 Å². The summed E-state index contributed by atoms with van der Waals surface area (Å²) in [7, 11) is 0. The quantitative estimate of drug-likeness (QED) is 0.793. The van der Waals surface area contributed by atoms with Crippen molar-refractivity contribution < 1.29 is 9.59 Å². The number of carbonyl (C=O) groups is 2. The van der Waals surface area contributed by atoms with Gasteiger partial charge in [-0.25, -0.2) is 4.90 Å². The minimum atomic E-state index is -0.460. The van der Waals surface area contributed by atoms with E-state index in [-0.39, 0.29) is 18.2 Å². The van der Waals surface area contributed by atoms with Gasteiger partial charge in [-0.2, -0.15) is 0 Å². The standard InChI is InChI=1S/C14H12ClN3O2S2/c1-7-9(15)4-3-5-10(7)18-12(19)6-11(13(18)20)22-14-17-16-8(2)21-14/h3-5,11H,6H2,1-2H3/t11-/m1/s1. The van der Waals surface area contributed by atoms with Crippen molar-refractivity contribution in [3.8, 4) is 0 Å². The molecule has 0 bridgehead atoms. The number of aryl methyl sites for hydroxylation is 1. The number of imide groups is 1. The maximum atomic E-state index is 12.6. The minimum absolute atomic E-state index is 0.161. The van der Waals surface area contributed by atoms with Crippen molar-refractivity contribution in [1.29, 1.82) is 0 Å². The van der Waals surface area contributed by atoms with Gasteiger partial charge < -0.3 is 0 Å². The van der Waals surface area contributed by atoms with Gasteiger partial charge in [0.25, 0.3) is 0 Å². The van der Waals surface area contributed by atoms with Gasteiger partial charge in [0.05, 0.1) is 5.69 Å². The van der Waals surface area contributed by atoms with E-state index in [0.29, 0.717) is 15.0 Å². The molecule has 1 atom stereocenters. The summed E-state index contributed by atoms with van der Waals surface area (Å²) in [5.41, 5.74) is 1.28.